The Morgan fingerprint density at radius 2 is 0.863 bits per heavy atom. The van der Waals surface area contributed by atoms with Gasteiger partial charge in [0.2, 0.25) is 17.1 Å². The van der Waals surface area contributed by atoms with Gasteiger partial charge in [-0.05, 0) is 48.3 Å². The summed E-state index contributed by atoms with van der Waals surface area (Å²) in [4.78, 5) is 4.73. The Balaban J connectivity index is 0.000000839. The van der Waals surface area contributed by atoms with E-state index in [1.54, 1.807) is 0 Å². The average molecular weight is 690 g/mol. The summed E-state index contributed by atoms with van der Waals surface area (Å²) in [5.74, 6) is 0. The van der Waals surface area contributed by atoms with Gasteiger partial charge in [0, 0.05) is 83.1 Å². The van der Waals surface area contributed by atoms with Crippen molar-refractivity contribution in [2.75, 3.05) is 23.9 Å². The molecule has 0 unspecified atom stereocenters. The zero-order chi connectivity index (χ0) is 36.6. The van der Waals surface area contributed by atoms with Crippen LogP contribution >= 0.6 is 0 Å². The molecule has 0 amide bonds. The maximum atomic E-state index is 9.75. The maximum Gasteiger partial charge on any atom is 0.673 e. The van der Waals surface area contributed by atoms with E-state index in [1.807, 2.05) is 0 Å². The average Bonchev–Trinajstić information content (AvgIpc) is 3.65. The molecule has 3 aliphatic rings. The number of hydrogen-bond donors (Lipinski definition) is 0. The van der Waals surface area contributed by atoms with E-state index in [-0.39, 0.29) is 10.8 Å². The minimum absolute atomic E-state index is 0.0730. The molecule has 1 saturated carbocycles. The summed E-state index contributed by atoms with van der Waals surface area (Å²) in [6.07, 6.45) is 11.5. The summed E-state index contributed by atoms with van der Waals surface area (Å²) in [6.45, 7) is 9.37. The van der Waals surface area contributed by atoms with Crippen LogP contribution in [0.4, 0.5) is 40.0 Å². The number of allylic oxidation sites excluding steroid dienone is 8. The number of fused-ring (bicyclic) bond motifs is 2. The number of benzene rings is 4. The molecule has 4 aromatic carbocycles. The highest BCUT2D eigenvalue weighted by Crippen LogP contribution is 2.48. The second kappa shape index (κ2) is 13.9. The molecule has 2 aliphatic heterocycles. The molecule has 0 saturated heterocycles. The Bertz CT molecular complexity index is 1930. The molecule has 0 aromatic heterocycles. The Kier molecular flexibility index (Phi) is 9.73. The number of halogens is 4. The lowest BCUT2D eigenvalue weighted by molar-refractivity contribution is 0.368. The van der Waals surface area contributed by atoms with E-state index in [2.05, 4.69) is 190 Å². The van der Waals surface area contributed by atoms with Gasteiger partial charge in [0.1, 0.15) is 0 Å². The fourth-order valence-electron chi connectivity index (χ4n) is 7.85. The van der Waals surface area contributed by atoms with Crippen LogP contribution in [0.2, 0.25) is 0 Å². The molecule has 0 bridgehead atoms. The van der Waals surface area contributed by atoms with E-state index in [1.165, 1.54) is 62.1 Å². The number of hydrogen-bond acceptors (Lipinski definition) is 2. The first-order chi connectivity index (χ1) is 24.2. The van der Waals surface area contributed by atoms with E-state index in [4.69, 9.17) is 0 Å². The van der Waals surface area contributed by atoms with Crippen LogP contribution in [0.1, 0.15) is 51.7 Å². The number of likely N-dealkylation sites (N-methyl/N-ethyl adjacent to an activating group) is 2. The lowest BCUT2D eigenvalue weighted by Gasteiger charge is -2.24. The Morgan fingerprint density at radius 1 is 0.529 bits per heavy atom. The van der Waals surface area contributed by atoms with Gasteiger partial charge in [0.25, 0.3) is 0 Å². The number of nitrogens with zero attached hydrogens (tertiary/aromatic N) is 3. The first kappa shape index (κ1) is 35.7. The molecule has 0 N–H and O–H groups in total. The van der Waals surface area contributed by atoms with Gasteiger partial charge in [0.15, 0.2) is 0 Å². The molecular formula is C43H44BF4N3. The van der Waals surface area contributed by atoms with Gasteiger partial charge in [-0.25, -0.2) is 0 Å². The molecule has 7 rings (SSSR count). The molecule has 0 spiro atoms. The third-order valence-corrected chi connectivity index (χ3v) is 10.3. The quantitative estimate of drug-likeness (QED) is 0.120. The molecule has 8 heteroatoms. The van der Waals surface area contributed by atoms with Crippen molar-refractivity contribution in [3.63, 3.8) is 0 Å². The van der Waals surface area contributed by atoms with Crippen LogP contribution < -0.4 is 14.4 Å². The maximum absolute atomic E-state index is 9.75. The van der Waals surface area contributed by atoms with Crippen molar-refractivity contribution < 1.29 is 17.3 Å². The molecule has 0 radical (unpaired) electrons. The lowest BCUT2D eigenvalue weighted by atomic mass is 9.83. The van der Waals surface area contributed by atoms with Crippen molar-refractivity contribution in [2.24, 2.45) is 0 Å². The lowest BCUT2D eigenvalue weighted by Crippen LogP contribution is -2.23. The predicted octanol–water partition coefficient (Wildman–Crippen LogP) is 11.5. The van der Waals surface area contributed by atoms with Crippen LogP contribution in [0.3, 0.4) is 0 Å². The predicted molar refractivity (Wildman–Crippen MR) is 207 cm³/mol. The molecule has 0 atom stereocenters. The van der Waals surface area contributed by atoms with Crippen LogP contribution in [0.5, 0.6) is 0 Å². The number of anilines is 2. The van der Waals surface area contributed by atoms with Gasteiger partial charge in [-0.3, -0.25) is 0 Å². The van der Waals surface area contributed by atoms with Crippen molar-refractivity contribution in [3.05, 3.63) is 167 Å². The van der Waals surface area contributed by atoms with Gasteiger partial charge in [-0.2, -0.15) is 4.58 Å². The fraction of sp³-hybridized carbons (Fsp3) is 0.233. The second-order valence-electron chi connectivity index (χ2n) is 14.2. The van der Waals surface area contributed by atoms with Crippen LogP contribution in [0, 0.1) is 0 Å². The van der Waals surface area contributed by atoms with Crippen molar-refractivity contribution in [2.45, 2.75) is 51.4 Å². The van der Waals surface area contributed by atoms with Crippen molar-refractivity contribution >= 4 is 35.7 Å². The molecule has 3 nitrogen and oxygen atoms in total. The second-order valence-corrected chi connectivity index (χ2v) is 14.2. The summed E-state index contributed by atoms with van der Waals surface area (Å²) >= 11 is 0. The topological polar surface area (TPSA) is 9.49 Å². The highest BCUT2D eigenvalue weighted by Gasteiger charge is 2.40. The third-order valence-electron chi connectivity index (χ3n) is 10.3. The van der Waals surface area contributed by atoms with E-state index in [0.29, 0.717) is 0 Å². The highest BCUT2D eigenvalue weighted by atomic mass is 19.5. The Labute approximate surface area is 299 Å². The van der Waals surface area contributed by atoms with E-state index in [9.17, 15) is 17.3 Å². The van der Waals surface area contributed by atoms with Gasteiger partial charge in [-0.1, -0.05) is 113 Å². The molecule has 1 fully saturated rings. The molecule has 51 heavy (non-hydrogen) atoms. The minimum atomic E-state index is -6.00. The molecular weight excluding hydrogens is 645 g/mol. The van der Waals surface area contributed by atoms with Crippen LogP contribution in [-0.4, -0.2) is 27.1 Å². The van der Waals surface area contributed by atoms with Crippen LogP contribution in [0.25, 0.3) is 0 Å². The number of para-hydroxylation sites is 4. The van der Waals surface area contributed by atoms with E-state index in [0.717, 1.165) is 12.8 Å². The standard InChI is InChI=1S/C43H44N3.BF4/c1-42(2)35-21-13-15-23-37(35)44(5)39(42)29-27-31-25-26-32(28-30-40-43(3,4)36-22-14-16-24-38(36)45(40)6)41(31)46(33-17-9-7-10-18-33)34-19-11-8-12-20-34;2-1(3,4)5/h7-24,27-30H,25-26H2,1-6H3;/q+1;-1. The SMILES string of the molecule is CN1/C(=C/C=C2\CC/C(=C\C=C3\N(C)c4ccccc4C3(C)C)C2=[N+](c2ccccc2)c2ccccc2)C(C)(C)c2ccccc21.F[B-](F)(F)F. The number of rotatable bonds is 4. The van der Waals surface area contributed by atoms with Gasteiger partial charge < -0.3 is 27.1 Å². The fourth-order valence-corrected chi connectivity index (χ4v) is 7.85. The molecule has 4 aromatic rings. The van der Waals surface area contributed by atoms with Crippen LogP contribution in [0.15, 0.2) is 156 Å². The Hall–Kier alpha value is -5.11. The summed E-state index contributed by atoms with van der Waals surface area (Å²) in [5.41, 5.74) is 14.1. The van der Waals surface area contributed by atoms with Gasteiger partial charge in [0.05, 0.1) is 0 Å². The van der Waals surface area contributed by atoms with Crippen molar-refractivity contribution in [3.8, 4) is 0 Å². The van der Waals surface area contributed by atoms with Gasteiger partial charge in [-0.15, -0.1) is 0 Å². The smallest absolute Gasteiger partial charge is 0.418 e. The van der Waals surface area contributed by atoms with Crippen molar-refractivity contribution in [1.29, 1.82) is 0 Å². The Morgan fingerprint density at radius 3 is 1.22 bits per heavy atom. The molecule has 262 valence electrons. The first-order valence-electron chi connectivity index (χ1n) is 17.3. The highest BCUT2D eigenvalue weighted by molar-refractivity contribution is 6.50. The minimum Gasteiger partial charge on any atom is -0.418 e. The monoisotopic (exact) mass is 689 g/mol. The largest absolute Gasteiger partial charge is 0.673 e. The first-order valence-corrected chi connectivity index (χ1v) is 17.3. The zero-order valence-electron chi connectivity index (χ0n) is 30.0. The summed E-state index contributed by atoms with van der Waals surface area (Å²) < 4.78 is 41.5. The zero-order valence-corrected chi connectivity index (χ0v) is 30.0. The van der Waals surface area contributed by atoms with Crippen LogP contribution in [-0.2, 0) is 10.8 Å². The summed E-state index contributed by atoms with van der Waals surface area (Å²) in [5, 5.41) is 0. The third kappa shape index (κ3) is 7.10. The molecule has 1 aliphatic carbocycles. The normalized spacial score (nSPS) is 20.5. The van der Waals surface area contributed by atoms with E-state index < -0.39 is 7.25 Å². The van der Waals surface area contributed by atoms with Crippen molar-refractivity contribution in [1.82, 2.24) is 4.58 Å². The molecule has 2 heterocycles. The summed E-state index contributed by atoms with van der Waals surface area (Å²) in [6, 6.07) is 39.2. The van der Waals surface area contributed by atoms with E-state index >= 15 is 0 Å². The summed E-state index contributed by atoms with van der Waals surface area (Å²) in [7, 11) is -1.60. The van der Waals surface area contributed by atoms with Gasteiger partial charge >= 0.3 is 7.25 Å².